The van der Waals surface area contributed by atoms with Gasteiger partial charge in [0.05, 0.1) is 12.2 Å². The van der Waals surface area contributed by atoms with Crippen LogP contribution in [0.5, 0.6) is 5.75 Å². The Morgan fingerprint density at radius 2 is 1.94 bits per heavy atom. The standard InChI is InChI=1S/C25H32N4O5/c1-3-34-20-12-10-19(11-13-20)7-6-8-21(23(30)24(31)27-33)25(32)29-16-15-28(17-18(29)2)22-9-4-5-14-26-22/h4-5,9-14,18,30,33H,3,6-8,15-17H2,1-2H3,(H,27,31)/b23-21-/t18-/m0/s1. The number of carbonyl (C=O) groups is 2. The molecule has 1 saturated heterocycles. The van der Waals surface area contributed by atoms with Gasteiger partial charge < -0.3 is 19.6 Å². The summed E-state index contributed by atoms with van der Waals surface area (Å²) < 4.78 is 5.45. The smallest absolute Gasteiger partial charge is 0.309 e. The summed E-state index contributed by atoms with van der Waals surface area (Å²) >= 11 is 0. The molecule has 3 N–H and O–H groups in total. The zero-order valence-electron chi connectivity index (χ0n) is 19.6. The lowest BCUT2D eigenvalue weighted by molar-refractivity contribution is -0.132. The molecule has 0 unspecified atom stereocenters. The van der Waals surface area contributed by atoms with Gasteiger partial charge in [-0.3, -0.25) is 14.8 Å². The maximum absolute atomic E-state index is 13.4. The highest BCUT2D eigenvalue weighted by Crippen LogP contribution is 2.22. The Balaban J connectivity index is 1.68. The van der Waals surface area contributed by atoms with Crippen LogP contribution in [0.4, 0.5) is 5.82 Å². The van der Waals surface area contributed by atoms with Gasteiger partial charge >= 0.3 is 5.91 Å². The first-order chi connectivity index (χ1) is 16.4. The van der Waals surface area contributed by atoms with Gasteiger partial charge in [-0.2, -0.15) is 0 Å². The lowest BCUT2D eigenvalue weighted by atomic mass is 10.0. The highest BCUT2D eigenvalue weighted by molar-refractivity contribution is 6.03. The number of hydroxylamine groups is 1. The van der Waals surface area contributed by atoms with Crippen molar-refractivity contribution < 1.29 is 24.6 Å². The Morgan fingerprint density at radius 1 is 1.18 bits per heavy atom. The molecule has 0 aliphatic carbocycles. The van der Waals surface area contributed by atoms with E-state index in [1.54, 1.807) is 11.1 Å². The summed E-state index contributed by atoms with van der Waals surface area (Å²) in [5, 5.41) is 19.4. The number of hydrogen-bond donors (Lipinski definition) is 3. The Labute approximate surface area is 199 Å². The first-order valence-electron chi connectivity index (χ1n) is 11.5. The molecule has 1 aromatic carbocycles. The summed E-state index contributed by atoms with van der Waals surface area (Å²) in [6.45, 7) is 6.03. The Bertz CT molecular complexity index is 994. The number of nitrogens with zero attached hydrogens (tertiary/aromatic N) is 3. The molecule has 3 rings (SSSR count). The van der Waals surface area contributed by atoms with Crippen molar-refractivity contribution in [1.29, 1.82) is 0 Å². The summed E-state index contributed by atoms with van der Waals surface area (Å²) in [5.74, 6) is -0.614. The predicted molar refractivity (Wildman–Crippen MR) is 128 cm³/mol. The number of amides is 2. The summed E-state index contributed by atoms with van der Waals surface area (Å²) in [6.07, 6.45) is 3.12. The molecule has 182 valence electrons. The fourth-order valence-electron chi connectivity index (χ4n) is 4.09. The van der Waals surface area contributed by atoms with Crippen molar-refractivity contribution >= 4 is 17.6 Å². The molecule has 1 aliphatic rings. The minimum atomic E-state index is -1.09. The van der Waals surface area contributed by atoms with Crippen molar-refractivity contribution in [2.75, 3.05) is 31.1 Å². The second kappa shape index (κ2) is 12.0. The molecule has 0 radical (unpaired) electrons. The lowest BCUT2D eigenvalue weighted by Crippen LogP contribution is -2.54. The van der Waals surface area contributed by atoms with Crippen LogP contribution in [0.15, 0.2) is 60.0 Å². The Kier molecular flexibility index (Phi) is 8.86. The fraction of sp³-hybridized carbons (Fsp3) is 0.400. The Morgan fingerprint density at radius 3 is 2.56 bits per heavy atom. The molecule has 9 heteroatoms. The maximum atomic E-state index is 13.4. The minimum absolute atomic E-state index is 0.00405. The molecule has 1 fully saturated rings. The van der Waals surface area contributed by atoms with Crippen molar-refractivity contribution in [3.05, 3.63) is 65.6 Å². The first kappa shape index (κ1) is 25.0. The van der Waals surface area contributed by atoms with E-state index in [1.807, 2.05) is 56.3 Å². The van der Waals surface area contributed by atoms with Crippen molar-refractivity contribution in [2.45, 2.75) is 39.2 Å². The van der Waals surface area contributed by atoms with Crippen LogP contribution in [0.1, 0.15) is 32.3 Å². The van der Waals surface area contributed by atoms with Gasteiger partial charge in [0.15, 0.2) is 5.76 Å². The van der Waals surface area contributed by atoms with E-state index >= 15 is 0 Å². The predicted octanol–water partition coefficient (Wildman–Crippen LogP) is 2.86. The zero-order chi connectivity index (χ0) is 24.5. The van der Waals surface area contributed by atoms with Crippen molar-refractivity contribution in [3.8, 4) is 5.75 Å². The van der Waals surface area contributed by atoms with Gasteiger partial charge in [0, 0.05) is 31.9 Å². The third kappa shape index (κ3) is 6.26. The molecule has 0 bridgehead atoms. The second-order valence-electron chi connectivity index (χ2n) is 8.18. The van der Waals surface area contributed by atoms with Gasteiger partial charge in [0.25, 0.3) is 5.91 Å². The van der Waals surface area contributed by atoms with Gasteiger partial charge in [-0.15, -0.1) is 0 Å². The molecular formula is C25H32N4O5. The zero-order valence-corrected chi connectivity index (χ0v) is 19.6. The normalized spacial score (nSPS) is 16.6. The van der Waals surface area contributed by atoms with E-state index in [4.69, 9.17) is 9.94 Å². The fourth-order valence-corrected chi connectivity index (χ4v) is 4.09. The van der Waals surface area contributed by atoms with E-state index in [0.717, 1.165) is 17.1 Å². The average Bonchev–Trinajstić information content (AvgIpc) is 2.87. The molecule has 0 saturated carbocycles. The number of aromatic nitrogens is 1. The van der Waals surface area contributed by atoms with Crippen LogP contribution in [0.2, 0.25) is 0 Å². The van der Waals surface area contributed by atoms with Crippen LogP contribution < -0.4 is 15.1 Å². The van der Waals surface area contributed by atoms with Crippen LogP contribution in [-0.4, -0.2) is 64.3 Å². The van der Waals surface area contributed by atoms with E-state index in [0.29, 0.717) is 39.1 Å². The number of nitrogens with one attached hydrogen (secondary N) is 1. The summed E-state index contributed by atoms with van der Waals surface area (Å²) in [6, 6.07) is 13.2. The van der Waals surface area contributed by atoms with Crippen molar-refractivity contribution in [3.63, 3.8) is 0 Å². The van der Waals surface area contributed by atoms with Crippen molar-refractivity contribution in [1.82, 2.24) is 15.4 Å². The first-order valence-corrected chi connectivity index (χ1v) is 11.5. The van der Waals surface area contributed by atoms with Crippen LogP contribution in [0.3, 0.4) is 0 Å². The van der Waals surface area contributed by atoms with Gasteiger partial charge in [-0.25, -0.2) is 10.5 Å². The minimum Gasteiger partial charge on any atom is -0.503 e. The molecule has 1 aliphatic heterocycles. The van der Waals surface area contributed by atoms with Crippen LogP contribution >= 0.6 is 0 Å². The number of benzene rings is 1. The summed E-state index contributed by atoms with van der Waals surface area (Å²) in [5.41, 5.74) is 2.47. The molecule has 34 heavy (non-hydrogen) atoms. The number of hydrogen-bond acceptors (Lipinski definition) is 7. The molecule has 1 atom stereocenters. The Hall–Kier alpha value is -3.59. The summed E-state index contributed by atoms with van der Waals surface area (Å²) in [4.78, 5) is 33.4. The number of piperazine rings is 1. The monoisotopic (exact) mass is 468 g/mol. The van der Waals surface area contributed by atoms with E-state index in [-0.39, 0.29) is 18.0 Å². The molecule has 2 heterocycles. The van der Waals surface area contributed by atoms with Crippen LogP contribution in [0.25, 0.3) is 0 Å². The van der Waals surface area contributed by atoms with Gasteiger partial charge in [0.1, 0.15) is 11.6 Å². The number of anilines is 1. The topological polar surface area (TPSA) is 115 Å². The number of rotatable bonds is 9. The molecule has 9 nitrogen and oxygen atoms in total. The highest BCUT2D eigenvalue weighted by Gasteiger charge is 2.32. The SMILES string of the molecule is CCOc1ccc(CCC/C(C(=O)N2CCN(c3ccccn3)C[C@@H]2C)=C(/O)C(=O)NO)cc1. The van der Waals surface area contributed by atoms with E-state index in [9.17, 15) is 14.7 Å². The number of aliphatic hydroxyl groups excluding tert-OH is 1. The highest BCUT2D eigenvalue weighted by atomic mass is 16.5. The molecule has 2 aromatic rings. The number of carbonyl (C=O) groups excluding carboxylic acids is 2. The third-order valence-electron chi connectivity index (χ3n) is 5.85. The lowest BCUT2D eigenvalue weighted by Gasteiger charge is -2.40. The second-order valence-corrected chi connectivity index (χ2v) is 8.18. The van der Waals surface area contributed by atoms with E-state index < -0.39 is 17.6 Å². The molecule has 1 aromatic heterocycles. The molecular weight excluding hydrogens is 436 g/mol. The molecule has 2 amide bonds. The maximum Gasteiger partial charge on any atom is 0.309 e. The van der Waals surface area contributed by atoms with E-state index in [2.05, 4.69) is 9.88 Å². The molecule has 0 spiro atoms. The summed E-state index contributed by atoms with van der Waals surface area (Å²) in [7, 11) is 0. The van der Waals surface area contributed by atoms with Gasteiger partial charge in [0.2, 0.25) is 0 Å². The third-order valence-corrected chi connectivity index (χ3v) is 5.85. The van der Waals surface area contributed by atoms with Gasteiger partial charge in [-0.05, 0) is 62.9 Å². The number of aryl methyl sites for hydroxylation is 1. The number of pyridine rings is 1. The number of aliphatic hydroxyl groups is 1. The largest absolute Gasteiger partial charge is 0.503 e. The van der Waals surface area contributed by atoms with Gasteiger partial charge in [-0.1, -0.05) is 18.2 Å². The average molecular weight is 469 g/mol. The van der Waals surface area contributed by atoms with Crippen LogP contribution in [0, 0.1) is 0 Å². The van der Waals surface area contributed by atoms with Crippen LogP contribution in [-0.2, 0) is 16.0 Å². The van der Waals surface area contributed by atoms with Crippen molar-refractivity contribution in [2.24, 2.45) is 0 Å². The quantitative estimate of drug-likeness (QED) is 0.224. The number of ether oxygens (including phenoxy) is 1. The van der Waals surface area contributed by atoms with E-state index in [1.165, 1.54) is 5.48 Å².